The molecule has 0 saturated heterocycles. The van der Waals surface area contributed by atoms with Gasteiger partial charge in [0, 0.05) is 6.54 Å². The molecule has 14 heavy (non-hydrogen) atoms. The minimum Gasteiger partial charge on any atom is -0.369 e. The lowest BCUT2D eigenvalue weighted by atomic mass is 10.3. The maximum Gasteiger partial charge on any atom is 0.161 e. The van der Waals surface area contributed by atoms with Gasteiger partial charge in [0.2, 0.25) is 0 Å². The number of rotatable bonds is 3. The van der Waals surface area contributed by atoms with Gasteiger partial charge >= 0.3 is 0 Å². The first kappa shape index (κ1) is 8.93. The summed E-state index contributed by atoms with van der Waals surface area (Å²) in [6, 6.07) is 0. The molecule has 2 aromatic heterocycles. The van der Waals surface area contributed by atoms with Crippen LogP contribution < -0.4 is 5.32 Å². The average Bonchev–Trinajstić information content (AvgIpc) is 2.61. The summed E-state index contributed by atoms with van der Waals surface area (Å²) >= 11 is 0. The first-order chi connectivity index (χ1) is 6.81. The molecule has 0 fully saturated rings. The molecule has 0 amide bonds. The largest absolute Gasteiger partial charge is 0.369 e. The molecule has 0 saturated carbocycles. The fourth-order valence-corrected chi connectivity index (χ4v) is 1.32. The summed E-state index contributed by atoms with van der Waals surface area (Å²) in [6.45, 7) is 4.90. The lowest BCUT2D eigenvalue weighted by molar-refractivity contribution is 0.961. The fourth-order valence-electron chi connectivity index (χ4n) is 1.32. The normalized spacial score (nSPS) is 10.7. The van der Waals surface area contributed by atoms with Crippen molar-refractivity contribution in [1.29, 1.82) is 0 Å². The van der Waals surface area contributed by atoms with E-state index in [0.717, 1.165) is 35.6 Å². The molecule has 2 N–H and O–H groups in total. The topological polar surface area (TPSA) is 66.5 Å². The second-order valence-electron chi connectivity index (χ2n) is 3.18. The van der Waals surface area contributed by atoms with Crippen LogP contribution in [0.3, 0.4) is 0 Å². The van der Waals surface area contributed by atoms with E-state index in [1.54, 1.807) is 6.20 Å². The lowest BCUT2D eigenvalue weighted by Gasteiger charge is -2.04. The zero-order valence-corrected chi connectivity index (χ0v) is 8.33. The van der Waals surface area contributed by atoms with E-state index >= 15 is 0 Å². The van der Waals surface area contributed by atoms with Crippen molar-refractivity contribution in [3.63, 3.8) is 0 Å². The van der Waals surface area contributed by atoms with Crippen molar-refractivity contribution < 1.29 is 0 Å². The van der Waals surface area contributed by atoms with Crippen molar-refractivity contribution in [3.05, 3.63) is 12.0 Å². The van der Waals surface area contributed by atoms with E-state index in [4.69, 9.17) is 0 Å². The summed E-state index contributed by atoms with van der Waals surface area (Å²) in [5.74, 6) is 1.61. The second kappa shape index (κ2) is 3.61. The molecule has 0 aromatic carbocycles. The summed E-state index contributed by atoms with van der Waals surface area (Å²) in [6.07, 6.45) is 2.81. The van der Waals surface area contributed by atoms with Crippen LogP contribution in [0.15, 0.2) is 6.20 Å². The number of hydrogen-bond acceptors (Lipinski definition) is 4. The highest BCUT2D eigenvalue weighted by Crippen LogP contribution is 2.17. The Kier molecular flexibility index (Phi) is 2.30. The Labute approximate surface area is 82.0 Å². The summed E-state index contributed by atoms with van der Waals surface area (Å²) in [5, 5.41) is 11.0. The van der Waals surface area contributed by atoms with Crippen molar-refractivity contribution in [2.45, 2.75) is 20.3 Å². The van der Waals surface area contributed by atoms with Crippen LogP contribution in [0.1, 0.15) is 19.2 Å². The van der Waals surface area contributed by atoms with Gasteiger partial charge < -0.3 is 5.32 Å². The molecule has 0 aliphatic rings. The number of H-pyrrole nitrogens is 1. The lowest BCUT2D eigenvalue weighted by Crippen LogP contribution is -2.04. The van der Waals surface area contributed by atoms with Gasteiger partial charge in [-0.15, -0.1) is 0 Å². The van der Waals surface area contributed by atoms with E-state index in [0.29, 0.717) is 0 Å². The van der Waals surface area contributed by atoms with Crippen LogP contribution in [0.5, 0.6) is 0 Å². The maximum atomic E-state index is 4.33. The Morgan fingerprint density at radius 3 is 3.07 bits per heavy atom. The van der Waals surface area contributed by atoms with E-state index in [2.05, 4.69) is 32.4 Å². The first-order valence-electron chi connectivity index (χ1n) is 4.73. The number of aromatic nitrogens is 4. The highest BCUT2D eigenvalue weighted by atomic mass is 15.2. The molecule has 0 unspecified atom stereocenters. The number of anilines is 1. The van der Waals surface area contributed by atoms with Crippen molar-refractivity contribution in [2.75, 3.05) is 11.9 Å². The number of nitrogens with zero attached hydrogens (tertiary/aromatic N) is 3. The molecule has 5 nitrogen and oxygen atoms in total. The van der Waals surface area contributed by atoms with E-state index in [1.165, 1.54) is 0 Å². The van der Waals surface area contributed by atoms with Gasteiger partial charge in [0.25, 0.3) is 0 Å². The Morgan fingerprint density at radius 1 is 1.43 bits per heavy atom. The van der Waals surface area contributed by atoms with E-state index in [-0.39, 0.29) is 0 Å². The van der Waals surface area contributed by atoms with E-state index < -0.39 is 0 Å². The molecule has 5 heteroatoms. The Morgan fingerprint density at radius 2 is 2.29 bits per heavy atom. The molecule has 0 atom stereocenters. The minimum atomic E-state index is 0.750. The smallest absolute Gasteiger partial charge is 0.161 e. The van der Waals surface area contributed by atoms with E-state index in [1.807, 2.05) is 6.92 Å². The zero-order chi connectivity index (χ0) is 9.97. The molecule has 2 heterocycles. The number of aromatic amines is 1. The Hall–Kier alpha value is -1.65. The summed E-state index contributed by atoms with van der Waals surface area (Å²) in [7, 11) is 0. The van der Waals surface area contributed by atoms with E-state index in [9.17, 15) is 0 Å². The van der Waals surface area contributed by atoms with Gasteiger partial charge in [0.15, 0.2) is 5.65 Å². The molecular formula is C9H13N5. The van der Waals surface area contributed by atoms with Crippen LogP contribution in [-0.2, 0) is 0 Å². The fraction of sp³-hybridized carbons (Fsp3) is 0.444. The predicted molar refractivity (Wildman–Crippen MR) is 55.2 cm³/mol. The minimum absolute atomic E-state index is 0.750. The third kappa shape index (κ3) is 1.53. The van der Waals surface area contributed by atoms with Crippen LogP contribution >= 0.6 is 0 Å². The highest BCUT2D eigenvalue weighted by Gasteiger charge is 2.05. The van der Waals surface area contributed by atoms with Gasteiger partial charge in [0.1, 0.15) is 11.6 Å². The van der Waals surface area contributed by atoms with Gasteiger partial charge in [-0.05, 0) is 13.3 Å². The van der Waals surface area contributed by atoms with Crippen molar-refractivity contribution >= 4 is 16.9 Å². The van der Waals surface area contributed by atoms with Crippen LogP contribution in [0.25, 0.3) is 11.0 Å². The molecule has 0 spiro atoms. The number of nitrogens with one attached hydrogen (secondary N) is 2. The standard InChI is InChI=1S/C9H13N5/c1-3-4-10-8-7-5-11-14-9(7)13-6(2)12-8/h5H,3-4H2,1-2H3,(H2,10,11,12,13,14). The number of fused-ring (bicyclic) bond motifs is 1. The monoisotopic (exact) mass is 191 g/mol. The quantitative estimate of drug-likeness (QED) is 0.771. The summed E-state index contributed by atoms with van der Waals surface area (Å²) < 4.78 is 0. The Balaban J connectivity index is 2.44. The highest BCUT2D eigenvalue weighted by molar-refractivity contribution is 5.85. The molecule has 2 rings (SSSR count). The molecule has 74 valence electrons. The SMILES string of the molecule is CCCNc1nc(C)nc2[nH]ncc12. The molecule has 0 aliphatic carbocycles. The van der Waals surface area contributed by atoms with Crippen LogP contribution in [-0.4, -0.2) is 26.7 Å². The second-order valence-corrected chi connectivity index (χ2v) is 3.18. The molecule has 0 aliphatic heterocycles. The average molecular weight is 191 g/mol. The van der Waals surface area contributed by atoms with Gasteiger partial charge in [-0.3, -0.25) is 5.10 Å². The summed E-state index contributed by atoms with van der Waals surface area (Å²) in [5.41, 5.74) is 0.788. The van der Waals surface area contributed by atoms with Gasteiger partial charge in [-0.25, -0.2) is 9.97 Å². The molecule has 0 bridgehead atoms. The Bertz CT molecular complexity index is 434. The van der Waals surface area contributed by atoms with Crippen LogP contribution in [0.4, 0.5) is 5.82 Å². The van der Waals surface area contributed by atoms with Gasteiger partial charge in [-0.2, -0.15) is 5.10 Å². The third-order valence-electron chi connectivity index (χ3n) is 1.96. The third-order valence-corrected chi connectivity index (χ3v) is 1.96. The van der Waals surface area contributed by atoms with Gasteiger partial charge in [-0.1, -0.05) is 6.92 Å². The maximum absolute atomic E-state index is 4.33. The van der Waals surface area contributed by atoms with Gasteiger partial charge in [0.05, 0.1) is 11.6 Å². The van der Waals surface area contributed by atoms with Crippen molar-refractivity contribution in [2.24, 2.45) is 0 Å². The predicted octanol–water partition coefficient (Wildman–Crippen LogP) is 1.48. The van der Waals surface area contributed by atoms with Crippen molar-refractivity contribution in [3.8, 4) is 0 Å². The van der Waals surface area contributed by atoms with Crippen LogP contribution in [0.2, 0.25) is 0 Å². The molecule has 0 radical (unpaired) electrons. The molecule has 2 aromatic rings. The molecular weight excluding hydrogens is 178 g/mol. The number of hydrogen-bond donors (Lipinski definition) is 2. The first-order valence-corrected chi connectivity index (χ1v) is 4.73. The van der Waals surface area contributed by atoms with Crippen LogP contribution in [0, 0.1) is 6.92 Å². The van der Waals surface area contributed by atoms with Crippen molar-refractivity contribution in [1.82, 2.24) is 20.2 Å². The number of aryl methyl sites for hydroxylation is 1. The zero-order valence-electron chi connectivity index (χ0n) is 8.33. The summed E-state index contributed by atoms with van der Waals surface area (Å²) in [4.78, 5) is 8.56.